The molecule has 1 saturated carbocycles. The fraction of sp³-hybridized carbons (Fsp3) is 0.474. The van der Waals surface area contributed by atoms with Gasteiger partial charge in [-0.05, 0) is 56.2 Å². The first-order chi connectivity index (χ1) is 12.6. The van der Waals surface area contributed by atoms with Gasteiger partial charge in [-0.25, -0.2) is 9.67 Å². The molecule has 2 aliphatic rings. The molecule has 0 aromatic carbocycles. The van der Waals surface area contributed by atoms with Crippen molar-refractivity contribution in [3.05, 3.63) is 42.4 Å². The van der Waals surface area contributed by atoms with Crippen LogP contribution in [0.2, 0.25) is 0 Å². The van der Waals surface area contributed by atoms with Gasteiger partial charge in [0.25, 0.3) is 5.91 Å². The number of amides is 2. The van der Waals surface area contributed by atoms with Gasteiger partial charge in [-0.2, -0.15) is 5.10 Å². The lowest BCUT2D eigenvalue weighted by molar-refractivity contribution is -0.134. The van der Waals surface area contributed by atoms with E-state index in [1.165, 1.54) is 19.0 Å². The standard InChI is InChI=1S/C19H23N5O2/c1-14(18(26)23-11-7-19(5-6-19)8-12-23)22-17(25)15-3-4-16(20-13-15)24-10-2-9-21-24/h2-4,9-10,13-14H,5-8,11-12H2,1H3,(H,22,25). The Morgan fingerprint density at radius 3 is 2.54 bits per heavy atom. The Hall–Kier alpha value is -2.70. The van der Waals surface area contributed by atoms with E-state index in [1.54, 1.807) is 42.2 Å². The van der Waals surface area contributed by atoms with Crippen molar-refractivity contribution >= 4 is 11.8 Å². The maximum absolute atomic E-state index is 12.6. The number of piperidine rings is 1. The van der Waals surface area contributed by atoms with E-state index >= 15 is 0 Å². The molecule has 7 nitrogen and oxygen atoms in total. The van der Waals surface area contributed by atoms with Gasteiger partial charge in [0.2, 0.25) is 5.91 Å². The monoisotopic (exact) mass is 353 g/mol. The Labute approximate surface area is 152 Å². The van der Waals surface area contributed by atoms with Crippen LogP contribution in [0.4, 0.5) is 0 Å². The van der Waals surface area contributed by atoms with Crippen LogP contribution in [0.15, 0.2) is 36.8 Å². The molecule has 2 aromatic heterocycles. The van der Waals surface area contributed by atoms with E-state index in [9.17, 15) is 9.59 Å². The van der Waals surface area contributed by atoms with Gasteiger partial charge in [0.1, 0.15) is 6.04 Å². The molecule has 0 bridgehead atoms. The van der Waals surface area contributed by atoms with Gasteiger partial charge in [-0.1, -0.05) is 0 Å². The first-order valence-corrected chi connectivity index (χ1v) is 9.12. The molecular formula is C19H23N5O2. The molecule has 1 saturated heterocycles. The van der Waals surface area contributed by atoms with Crippen LogP contribution in [0.3, 0.4) is 0 Å². The number of hydrogen-bond acceptors (Lipinski definition) is 4. The summed E-state index contributed by atoms with van der Waals surface area (Å²) >= 11 is 0. The van der Waals surface area contributed by atoms with Crippen molar-refractivity contribution in [2.75, 3.05) is 13.1 Å². The molecular weight excluding hydrogens is 330 g/mol. The SMILES string of the molecule is CC(NC(=O)c1ccc(-n2cccn2)nc1)C(=O)N1CCC2(CC1)CC2. The van der Waals surface area contributed by atoms with Crippen LogP contribution >= 0.6 is 0 Å². The summed E-state index contributed by atoms with van der Waals surface area (Å²) in [6.45, 7) is 3.35. The number of nitrogens with zero attached hydrogens (tertiary/aromatic N) is 4. The number of hydrogen-bond donors (Lipinski definition) is 1. The number of rotatable bonds is 4. The molecule has 1 spiro atoms. The normalized spacial score (nSPS) is 19.2. The van der Waals surface area contributed by atoms with E-state index in [2.05, 4.69) is 15.4 Å². The van der Waals surface area contributed by atoms with E-state index in [4.69, 9.17) is 0 Å². The average molecular weight is 353 g/mol. The Balaban J connectivity index is 1.34. The lowest BCUT2D eigenvalue weighted by Crippen LogP contribution is -2.49. The molecule has 1 N–H and O–H groups in total. The Morgan fingerprint density at radius 2 is 1.96 bits per heavy atom. The van der Waals surface area contributed by atoms with Crippen LogP contribution in [0.25, 0.3) is 5.82 Å². The fourth-order valence-corrected chi connectivity index (χ4v) is 3.55. The summed E-state index contributed by atoms with van der Waals surface area (Å²) in [6, 6.07) is 4.69. The van der Waals surface area contributed by atoms with Gasteiger partial charge >= 0.3 is 0 Å². The van der Waals surface area contributed by atoms with E-state index < -0.39 is 6.04 Å². The second-order valence-electron chi connectivity index (χ2n) is 7.38. The lowest BCUT2D eigenvalue weighted by atomic mass is 9.93. The minimum Gasteiger partial charge on any atom is -0.341 e. The highest BCUT2D eigenvalue weighted by atomic mass is 16.2. The summed E-state index contributed by atoms with van der Waals surface area (Å²) < 4.78 is 1.62. The van der Waals surface area contributed by atoms with Gasteiger partial charge < -0.3 is 10.2 Å². The molecule has 1 aliphatic heterocycles. The zero-order chi connectivity index (χ0) is 18.1. The third kappa shape index (κ3) is 3.34. The minimum absolute atomic E-state index is 0.00466. The Morgan fingerprint density at radius 1 is 1.19 bits per heavy atom. The maximum atomic E-state index is 12.6. The molecule has 2 aromatic rings. The third-order valence-corrected chi connectivity index (χ3v) is 5.56. The summed E-state index contributed by atoms with van der Waals surface area (Å²) in [6.07, 6.45) is 9.76. The number of likely N-dealkylation sites (tertiary alicyclic amines) is 1. The van der Waals surface area contributed by atoms with Gasteiger partial charge in [0.05, 0.1) is 5.56 Å². The highest BCUT2D eigenvalue weighted by Gasteiger charge is 2.45. The van der Waals surface area contributed by atoms with Crippen LogP contribution in [-0.4, -0.2) is 50.6 Å². The molecule has 7 heteroatoms. The number of carbonyl (C=O) groups excluding carboxylic acids is 2. The largest absolute Gasteiger partial charge is 0.341 e. The van der Waals surface area contributed by atoms with E-state index in [-0.39, 0.29) is 11.8 Å². The van der Waals surface area contributed by atoms with Crippen LogP contribution in [0.5, 0.6) is 0 Å². The Bertz CT molecular complexity index is 786. The summed E-state index contributed by atoms with van der Waals surface area (Å²) in [4.78, 5) is 31.1. The highest BCUT2D eigenvalue weighted by molar-refractivity contribution is 5.97. The van der Waals surface area contributed by atoms with Crippen molar-refractivity contribution in [3.8, 4) is 5.82 Å². The molecule has 2 fully saturated rings. The third-order valence-electron chi connectivity index (χ3n) is 5.56. The predicted molar refractivity (Wildman–Crippen MR) is 95.8 cm³/mol. The molecule has 3 heterocycles. The van der Waals surface area contributed by atoms with Gasteiger partial charge in [0, 0.05) is 31.7 Å². The molecule has 0 radical (unpaired) electrons. The van der Waals surface area contributed by atoms with Crippen molar-refractivity contribution in [1.29, 1.82) is 0 Å². The highest BCUT2D eigenvalue weighted by Crippen LogP contribution is 2.53. The van der Waals surface area contributed by atoms with Crippen molar-refractivity contribution in [1.82, 2.24) is 25.0 Å². The van der Waals surface area contributed by atoms with E-state index in [0.717, 1.165) is 25.9 Å². The molecule has 1 atom stereocenters. The average Bonchev–Trinajstić information content (AvgIpc) is 3.20. The van der Waals surface area contributed by atoms with E-state index in [1.807, 2.05) is 4.90 Å². The smallest absolute Gasteiger partial charge is 0.253 e. The molecule has 1 unspecified atom stereocenters. The van der Waals surface area contributed by atoms with Crippen molar-refractivity contribution in [3.63, 3.8) is 0 Å². The summed E-state index contributed by atoms with van der Waals surface area (Å²) in [5.74, 6) is 0.342. The fourth-order valence-electron chi connectivity index (χ4n) is 3.55. The minimum atomic E-state index is -0.540. The topological polar surface area (TPSA) is 80.1 Å². The first-order valence-electron chi connectivity index (χ1n) is 9.12. The van der Waals surface area contributed by atoms with Gasteiger partial charge in [-0.15, -0.1) is 0 Å². The molecule has 4 rings (SSSR count). The van der Waals surface area contributed by atoms with E-state index in [0.29, 0.717) is 16.8 Å². The second kappa shape index (κ2) is 6.55. The first kappa shape index (κ1) is 16.8. The van der Waals surface area contributed by atoms with Crippen molar-refractivity contribution < 1.29 is 9.59 Å². The lowest BCUT2D eigenvalue weighted by Gasteiger charge is -2.33. The van der Waals surface area contributed by atoms with Crippen LogP contribution in [0.1, 0.15) is 43.0 Å². The summed E-state index contributed by atoms with van der Waals surface area (Å²) in [7, 11) is 0. The number of aromatic nitrogens is 3. The Kier molecular flexibility index (Phi) is 4.22. The molecule has 26 heavy (non-hydrogen) atoms. The van der Waals surface area contributed by atoms with Gasteiger partial charge in [0.15, 0.2) is 5.82 Å². The molecule has 2 amide bonds. The molecule has 136 valence electrons. The van der Waals surface area contributed by atoms with Crippen molar-refractivity contribution in [2.45, 2.75) is 38.6 Å². The molecule has 1 aliphatic carbocycles. The quantitative estimate of drug-likeness (QED) is 0.909. The summed E-state index contributed by atoms with van der Waals surface area (Å²) in [5.41, 5.74) is 0.960. The van der Waals surface area contributed by atoms with Crippen LogP contribution < -0.4 is 5.32 Å². The maximum Gasteiger partial charge on any atom is 0.253 e. The number of pyridine rings is 1. The number of nitrogens with one attached hydrogen (secondary N) is 1. The number of carbonyl (C=O) groups is 2. The van der Waals surface area contributed by atoms with Gasteiger partial charge in [-0.3, -0.25) is 9.59 Å². The zero-order valence-electron chi connectivity index (χ0n) is 14.9. The van der Waals surface area contributed by atoms with Crippen molar-refractivity contribution in [2.24, 2.45) is 5.41 Å². The summed E-state index contributed by atoms with van der Waals surface area (Å²) in [5, 5.41) is 6.89. The second-order valence-corrected chi connectivity index (χ2v) is 7.38. The van der Waals surface area contributed by atoms with Crippen LogP contribution in [0, 0.1) is 5.41 Å². The zero-order valence-corrected chi connectivity index (χ0v) is 14.9. The predicted octanol–water partition coefficient (Wildman–Crippen LogP) is 1.79. The van der Waals surface area contributed by atoms with Crippen LogP contribution in [-0.2, 0) is 4.79 Å².